The lowest BCUT2D eigenvalue weighted by Gasteiger charge is -2.20. The maximum atomic E-state index is 12.7. The van der Waals surface area contributed by atoms with Gasteiger partial charge in [-0.1, -0.05) is 57.4 Å². The van der Waals surface area contributed by atoms with Gasteiger partial charge in [0, 0.05) is 17.2 Å². The number of ether oxygens (including phenoxy) is 1. The molecule has 0 amide bonds. The number of hydrogen-bond acceptors (Lipinski definition) is 4. The van der Waals surface area contributed by atoms with Crippen LogP contribution in [0.15, 0.2) is 36.4 Å². The van der Waals surface area contributed by atoms with Crippen molar-refractivity contribution in [3.8, 4) is 0 Å². The first-order chi connectivity index (χ1) is 15.0. The summed E-state index contributed by atoms with van der Waals surface area (Å²) >= 11 is 1.52. The fraction of sp³-hybridized carbons (Fsp3) is 0.556. The molecule has 31 heavy (non-hydrogen) atoms. The highest BCUT2D eigenvalue weighted by molar-refractivity contribution is 7.13. The zero-order chi connectivity index (χ0) is 22.2. The number of thiophene rings is 1. The molecule has 4 heteroatoms. The number of benzene rings is 1. The van der Waals surface area contributed by atoms with Gasteiger partial charge in [0.2, 0.25) is 0 Å². The molecule has 0 spiro atoms. The van der Waals surface area contributed by atoms with Crippen LogP contribution in [0.4, 0.5) is 0 Å². The topological polar surface area (TPSA) is 43.4 Å². The number of esters is 1. The van der Waals surface area contributed by atoms with Crippen LogP contribution < -0.4 is 0 Å². The zero-order valence-electron chi connectivity index (χ0n) is 19.2. The Balaban J connectivity index is 1.55. The maximum Gasteiger partial charge on any atom is 0.348 e. The van der Waals surface area contributed by atoms with Gasteiger partial charge < -0.3 is 4.74 Å². The van der Waals surface area contributed by atoms with Crippen molar-refractivity contribution in [2.24, 2.45) is 5.92 Å². The number of rotatable bonds is 11. The number of unbranched alkanes of at least 4 members (excludes halogenated alkanes) is 2. The minimum atomic E-state index is -0.263. The summed E-state index contributed by atoms with van der Waals surface area (Å²) in [6.07, 6.45) is 9.83. The van der Waals surface area contributed by atoms with Gasteiger partial charge in [0.05, 0.1) is 7.11 Å². The quantitative estimate of drug-likeness (QED) is 0.272. The van der Waals surface area contributed by atoms with Crippen LogP contribution in [-0.4, -0.2) is 18.9 Å². The summed E-state index contributed by atoms with van der Waals surface area (Å²) in [4.78, 5) is 26.2. The molecule has 1 unspecified atom stereocenters. The summed E-state index contributed by atoms with van der Waals surface area (Å²) in [6, 6.07) is 12.8. The molecule has 2 aromatic rings. The predicted octanol–water partition coefficient (Wildman–Crippen LogP) is 7.30. The first-order valence-corrected chi connectivity index (χ1v) is 12.6. The van der Waals surface area contributed by atoms with Crippen molar-refractivity contribution in [2.75, 3.05) is 7.11 Å². The van der Waals surface area contributed by atoms with E-state index in [1.165, 1.54) is 60.1 Å². The highest BCUT2D eigenvalue weighted by Gasteiger charge is 2.35. The van der Waals surface area contributed by atoms with Gasteiger partial charge in [-0.15, -0.1) is 11.3 Å². The number of ketones is 1. The van der Waals surface area contributed by atoms with Crippen LogP contribution in [0.2, 0.25) is 0 Å². The van der Waals surface area contributed by atoms with Gasteiger partial charge in [0.1, 0.15) is 10.7 Å². The van der Waals surface area contributed by atoms with Crippen molar-refractivity contribution in [1.29, 1.82) is 0 Å². The second-order valence-electron chi connectivity index (χ2n) is 8.96. The molecule has 1 aliphatic rings. The predicted molar refractivity (Wildman–Crippen MR) is 128 cm³/mol. The Labute approximate surface area is 191 Å². The molecule has 3 atom stereocenters. The van der Waals surface area contributed by atoms with Gasteiger partial charge in [-0.25, -0.2) is 4.79 Å². The third-order valence-corrected chi connectivity index (χ3v) is 7.86. The first kappa shape index (κ1) is 23.7. The SMILES string of the molecule is CCCCCC(C)c1ccc([C@H]2C(=O)CC[C@@H]2CCCc2ccc(C(=O)OC)s2)cc1. The van der Waals surface area contributed by atoms with Gasteiger partial charge >= 0.3 is 5.97 Å². The lowest BCUT2D eigenvalue weighted by molar-refractivity contribution is -0.119. The Kier molecular flexibility index (Phi) is 8.89. The van der Waals surface area contributed by atoms with Crippen LogP contribution in [0, 0.1) is 5.92 Å². The second-order valence-corrected chi connectivity index (χ2v) is 10.1. The Morgan fingerprint density at radius 1 is 1.13 bits per heavy atom. The molecule has 1 fully saturated rings. The van der Waals surface area contributed by atoms with Crippen LogP contribution in [-0.2, 0) is 16.0 Å². The van der Waals surface area contributed by atoms with E-state index in [1.807, 2.05) is 12.1 Å². The van der Waals surface area contributed by atoms with Crippen molar-refractivity contribution in [3.05, 3.63) is 57.3 Å². The Bertz CT molecular complexity index is 852. The monoisotopic (exact) mass is 440 g/mol. The second kappa shape index (κ2) is 11.6. The molecule has 0 aliphatic heterocycles. The van der Waals surface area contributed by atoms with Crippen molar-refractivity contribution in [1.82, 2.24) is 0 Å². The number of carbonyl (C=O) groups excluding carboxylic acids is 2. The fourth-order valence-electron chi connectivity index (χ4n) is 4.84. The highest BCUT2D eigenvalue weighted by Crippen LogP contribution is 2.40. The molecule has 0 bridgehead atoms. The van der Waals surface area contributed by atoms with E-state index in [2.05, 4.69) is 38.1 Å². The molecule has 3 rings (SSSR count). The number of hydrogen-bond donors (Lipinski definition) is 0. The normalized spacial score (nSPS) is 19.5. The Morgan fingerprint density at radius 3 is 2.61 bits per heavy atom. The van der Waals surface area contributed by atoms with E-state index in [-0.39, 0.29) is 11.9 Å². The molecule has 1 aliphatic carbocycles. The minimum absolute atomic E-state index is 0.0541. The largest absolute Gasteiger partial charge is 0.465 e. The zero-order valence-corrected chi connectivity index (χ0v) is 20.0. The summed E-state index contributed by atoms with van der Waals surface area (Å²) in [5, 5.41) is 0. The van der Waals surface area contributed by atoms with E-state index in [9.17, 15) is 9.59 Å². The standard InChI is InChI=1S/C27H36O3S/c1-4-5-6-8-19(2)20-11-13-22(14-12-20)26-21(15-17-24(26)28)9-7-10-23-16-18-25(31-23)27(29)30-3/h11-14,16,18-19,21,26H,4-10,15,17H2,1-3H3/t19?,21-,26-/m0/s1. The first-order valence-electron chi connectivity index (χ1n) is 11.8. The molecule has 1 aromatic carbocycles. The molecule has 0 saturated heterocycles. The van der Waals surface area contributed by atoms with E-state index in [4.69, 9.17) is 4.74 Å². The molecular formula is C27H36O3S. The van der Waals surface area contributed by atoms with E-state index in [1.54, 1.807) is 0 Å². The molecule has 0 radical (unpaired) electrons. The summed E-state index contributed by atoms with van der Waals surface area (Å²) in [6.45, 7) is 4.55. The summed E-state index contributed by atoms with van der Waals surface area (Å²) in [5.74, 6) is 1.20. The van der Waals surface area contributed by atoms with Crippen LogP contribution in [0.5, 0.6) is 0 Å². The lowest BCUT2D eigenvalue weighted by Crippen LogP contribution is -2.13. The van der Waals surface area contributed by atoms with Crippen molar-refractivity contribution < 1.29 is 14.3 Å². The number of aryl methyl sites for hydroxylation is 1. The molecule has 168 valence electrons. The van der Waals surface area contributed by atoms with Crippen molar-refractivity contribution >= 4 is 23.1 Å². The van der Waals surface area contributed by atoms with Gasteiger partial charge in [0.25, 0.3) is 0 Å². The van der Waals surface area contributed by atoms with E-state index < -0.39 is 0 Å². The highest BCUT2D eigenvalue weighted by atomic mass is 32.1. The van der Waals surface area contributed by atoms with Gasteiger partial charge in [-0.2, -0.15) is 0 Å². The summed E-state index contributed by atoms with van der Waals surface area (Å²) in [7, 11) is 1.42. The smallest absolute Gasteiger partial charge is 0.348 e. The van der Waals surface area contributed by atoms with Crippen LogP contribution in [0.1, 0.15) is 103 Å². The average molecular weight is 441 g/mol. The average Bonchev–Trinajstić information content (AvgIpc) is 3.40. The number of carbonyl (C=O) groups is 2. The minimum Gasteiger partial charge on any atom is -0.465 e. The van der Waals surface area contributed by atoms with Crippen LogP contribution in [0.25, 0.3) is 0 Å². The van der Waals surface area contributed by atoms with Crippen LogP contribution >= 0.6 is 11.3 Å². The van der Waals surface area contributed by atoms with Crippen molar-refractivity contribution in [2.45, 2.75) is 83.5 Å². The summed E-state index contributed by atoms with van der Waals surface area (Å²) in [5.41, 5.74) is 2.59. The third kappa shape index (κ3) is 6.29. The molecule has 1 aromatic heterocycles. The Hall–Kier alpha value is -1.94. The Morgan fingerprint density at radius 2 is 1.90 bits per heavy atom. The van der Waals surface area contributed by atoms with Gasteiger partial charge in [-0.3, -0.25) is 4.79 Å². The number of methoxy groups -OCH3 is 1. The molecule has 1 heterocycles. The van der Waals surface area contributed by atoms with Gasteiger partial charge in [0.15, 0.2) is 0 Å². The van der Waals surface area contributed by atoms with E-state index >= 15 is 0 Å². The molecule has 3 nitrogen and oxygen atoms in total. The van der Waals surface area contributed by atoms with Crippen LogP contribution in [0.3, 0.4) is 0 Å². The number of Topliss-reactive ketones (excluding diaryl/α,β-unsaturated/α-hetero) is 1. The lowest BCUT2D eigenvalue weighted by atomic mass is 9.84. The third-order valence-electron chi connectivity index (χ3n) is 6.73. The molecule has 1 saturated carbocycles. The molecule has 0 N–H and O–H groups in total. The molecular weight excluding hydrogens is 404 g/mol. The summed E-state index contributed by atoms with van der Waals surface area (Å²) < 4.78 is 4.79. The van der Waals surface area contributed by atoms with E-state index in [0.29, 0.717) is 28.9 Å². The van der Waals surface area contributed by atoms with Gasteiger partial charge in [-0.05, 0) is 67.2 Å². The van der Waals surface area contributed by atoms with Crippen molar-refractivity contribution in [3.63, 3.8) is 0 Å². The van der Waals surface area contributed by atoms with E-state index in [0.717, 1.165) is 25.7 Å². The maximum absolute atomic E-state index is 12.7. The fourth-order valence-corrected chi connectivity index (χ4v) is 5.81.